The second-order valence-electron chi connectivity index (χ2n) is 1.68. The first-order valence-electron chi connectivity index (χ1n) is 2.52. The van der Waals surface area contributed by atoms with Crippen LogP contribution in [0.1, 0.15) is 10.4 Å². The van der Waals surface area contributed by atoms with E-state index in [2.05, 4.69) is 20.9 Å². The van der Waals surface area contributed by atoms with Gasteiger partial charge in [-0.25, -0.2) is 0 Å². The number of pyridine rings is 1. The number of hydrogen-bond donors (Lipinski definition) is 0. The molecule has 0 aliphatic heterocycles. The summed E-state index contributed by atoms with van der Waals surface area (Å²) in [5, 5.41) is 10.2. The van der Waals surface area contributed by atoms with Crippen LogP contribution in [-0.2, 0) is 0 Å². The van der Waals surface area contributed by atoms with Crippen molar-refractivity contribution in [1.29, 1.82) is 0 Å². The molecular formula is C6H3BrNNaO2. The molecule has 0 saturated carbocycles. The van der Waals surface area contributed by atoms with Crippen LogP contribution >= 0.6 is 15.9 Å². The van der Waals surface area contributed by atoms with Crippen LogP contribution in [0.2, 0.25) is 0 Å². The fourth-order valence-electron chi connectivity index (χ4n) is 0.523. The number of carboxylic acids is 1. The van der Waals surface area contributed by atoms with Gasteiger partial charge in [-0.3, -0.25) is 4.98 Å². The van der Waals surface area contributed by atoms with E-state index >= 15 is 0 Å². The Balaban J connectivity index is 0.000001000. The smallest absolute Gasteiger partial charge is 0.545 e. The predicted molar refractivity (Wildman–Crippen MR) is 36.3 cm³/mol. The third-order valence-corrected chi connectivity index (χ3v) is 1.37. The fourth-order valence-corrected chi connectivity index (χ4v) is 0.888. The molecule has 0 N–H and O–H groups in total. The summed E-state index contributed by atoms with van der Waals surface area (Å²) >= 11 is 3.08. The van der Waals surface area contributed by atoms with Crippen molar-refractivity contribution in [1.82, 2.24) is 4.98 Å². The van der Waals surface area contributed by atoms with Crippen molar-refractivity contribution in [3.8, 4) is 0 Å². The van der Waals surface area contributed by atoms with Crippen molar-refractivity contribution >= 4 is 21.9 Å². The molecule has 1 rings (SSSR count). The summed E-state index contributed by atoms with van der Waals surface area (Å²) in [6, 6.07) is 1.43. The first-order chi connectivity index (χ1) is 4.70. The molecule has 52 valence electrons. The van der Waals surface area contributed by atoms with Crippen molar-refractivity contribution in [2.45, 2.75) is 0 Å². The van der Waals surface area contributed by atoms with Crippen LogP contribution in [0.25, 0.3) is 0 Å². The number of carbonyl (C=O) groups excluding carboxylic acids is 1. The molecule has 3 nitrogen and oxygen atoms in total. The van der Waals surface area contributed by atoms with Crippen molar-refractivity contribution in [2.75, 3.05) is 0 Å². The Morgan fingerprint density at radius 2 is 2.18 bits per heavy atom. The van der Waals surface area contributed by atoms with Crippen molar-refractivity contribution in [2.24, 2.45) is 0 Å². The second kappa shape index (κ2) is 4.87. The van der Waals surface area contributed by atoms with Crippen LogP contribution < -0.4 is 34.7 Å². The first kappa shape index (κ1) is 11.1. The Kier molecular flexibility index (Phi) is 4.92. The first-order valence-corrected chi connectivity index (χ1v) is 3.31. The van der Waals surface area contributed by atoms with Crippen molar-refractivity contribution < 1.29 is 39.5 Å². The van der Waals surface area contributed by atoms with Crippen molar-refractivity contribution in [3.63, 3.8) is 0 Å². The van der Waals surface area contributed by atoms with Gasteiger partial charge in [0.25, 0.3) is 0 Å². The molecule has 0 aliphatic carbocycles. The summed E-state index contributed by atoms with van der Waals surface area (Å²) < 4.78 is 0.634. The summed E-state index contributed by atoms with van der Waals surface area (Å²) in [7, 11) is 0. The van der Waals surface area contributed by atoms with E-state index in [1.165, 1.54) is 18.5 Å². The minimum absolute atomic E-state index is 0. The molecule has 0 aliphatic rings. The number of carbonyl (C=O) groups is 1. The normalized spacial score (nSPS) is 8.45. The molecule has 1 aromatic rings. The summed E-state index contributed by atoms with van der Waals surface area (Å²) in [5.74, 6) is -1.21. The van der Waals surface area contributed by atoms with Crippen LogP contribution in [0.3, 0.4) is 0 Å². The van der Waals surface area contributed by atoms with Gasteiger partial charge in [0.1, 0.15) is 0 Å². The van der Waals surface area contributed by atoms with Gasteiger partial charge >= 0.3 is 29.6 Å². The Labute approximate surface area is 94.3 Å². The van der Waals surface area contributed by atoms with Crippen LogP contribution in [0, 0.1) is 0 Å². The summed E-state index contributed by atoms with van der Waals surface area (Å²) in [5.41, 5.74) is 0.0781. The van der Waals surface area contributed by atoms with Crippen LogP contribution in [0.4, 0.5) is 0 Å². The van der Waals surface area contributed by atoms with Gasteiger partial charge in [0.2, 0.25) is 0 Å². The third-order valence-electron chi connectivity index (χ3n) is 0.941. The van der Waals surface area contributed by atoms with Gasteiger partial charge in [0, 0.05) is 22.4 Å². The molecule has 0 unspecified atom stereocenters. The minimum atomic E-state index is -1.21. The number of halogens is 1. The maximum absolute atomic E-state index is 10.2. The van der Waals surface area contributed by atoms with E-state index in [0.717, 1.165) is 0 Å². The van der Waals surface area contributed by atoms with Crippen LogP contribution in [0.15, 0.2) is 22.9 Å². The van der Waals surface area contributed by atoms with Gasteiger partial charge in [-0.05, 0) is 22.0 Å². The van der Waals surface area contributed by atoms with Gasteiger partial charge in [0.05, 0.1) is 5.97 Å². The van der Waals surface area contributed by atoms with Crippen LogP contribution in [-0.4, -0.2) is 11.0 Å². The van der Waals surface area contributed by atoms with E-state index < -0.39 is 5.97 Å². The average Bonchev–Trinajstić information content (AvgIpc) is 1.88. The van der Waals surface area contributed by atoms with Gasteiger partial charge in [-0.15, -0.1) is 0 Å². The quantitative estimate of drug-likeness (QED) is 0.484. The molecule has 0 atom stereocenters. The SMILES string of the molecule is O=C([O-])c1cncc(Br)c1.[Na+]. The maximum Gasteiger partial charge on any atom is 1.00 e. The van der Waals surface area contributed by atoms with Gasteiger partial charge in [0.15, 0.2) is 0 Å². The average molecular weight is 224 g/mol. The molecule has 11 heavy (non-hydrogen) atoms. The molecule has 5 heteroatoms. The van der Waals surface area contributed by atoms with E-state index in [9.17, 15) is 9.90 Å². The zero-order valence-electron chi connectivity index (χ0n) is 5.87. The van der Waals surface area contributed by atoms with E-state index in [0.29, 0.717) is 4.47 Å². The number of aromatic carboxylic acids is 1. The maximum atomic E-state index is 10.2. The summed E-state index contributed by atoms with van der Waals surface area (Å²) in [6.45, 7) is 0. The molecule has 0 fully saturated rings. The molecule has 0 saturated heterocycles. The van der Waals surface area contributed by atoms with Gasteiger partial charge in [-0.2, -0.15) is 0 Å². The zero-order valence-corrected chi connectivity index (χ0v) is 9.46. The van der Waals surface area contributed by atoms with E-state index in [-0.39, 0.29) is 35.1 Å². The Morgan fingerprint density at radius 3 is 2.55 bits per heavy atom. The minimum Gasteiger partial charge on any atom is -0.545 e. The van der Waals surface area contributed by atoms with Gasteiger partial charge in [-0.1, -0.05) is 0 Å². The molecule has 0 radical (unpaired) electrons. The number of carboxylic acid groups (broad SMARTS) is 1. The largest absolute Gasteiger partial charge is 1.00 e. The third kappa shape index (κ3) is 3.33. The summed E-state index contributed by atoms with van der Waals surface area (Å²) in [4.78, 5) is 13.8. The van der Waals surface area contributed by atoms with E-state index in [4.69, 9.17) is 0 Å². The van der Waals surface area contributed by atoms with Crippen molar-refractivity contribution in [3.05, 3.63) is 28.5 Å². The number of aromatic nitrogens is 1. The standard InChI is InChI=1S/C6H4BrNO2.Na/c7-5-1-4(6(9)10)2-8-3-5;/h1-3H,(H,9,10);/q;+1/p-1. The van der Waals surface area contributed by atoms with Gasteiger partial charge < -0.3 is 9.90 Å². The van der Waals surface area contributed by atoms with E-state index in [1.807, 2.05) is 0 Å². The summed E-state index contributed by atoms with van der Waals surface area (Å²) in [6.07, 6.45) is 2.74. The molecule has 0 aromatic carbocycles. The Bertz CT molecular complexity index is 267. The molecule has 0 spiro atoms. The fraction of sp³-hybridized carbons (Fsp3) is 0. The molecular weight excluding hydrogens is 221 g/mol. The Hall–Kier alpha value is 0.100. The molecule has 1 heterocycles. The monoisotopic (exact) mass is 223 g/mol. The number of rotatable bonds is 1. The predicted octanol–water partition coefficient (Wildman–Crippen LogP) is -2.79. The molecule has 0 bridgehead atoms. The Morgan fingerprint density at radius 1 is 1.55 bits per heavy atom. The second-order valence-corrected chi connectivity index (χ2v) is 2.59. The number of hydrogen-bond acceptors (Lipinski definition) is 3. The number of nitrogens with zero attached hydrogens (tertiary/aromatic N) is 1. The van der Waals surface area contributed by atoms with E-state index in [1.54, 1.807) is 0 Å². The topological polar surface area (TPSA) is 53.0 Å². The molecule has 1 aromatic heterocycles. The van der Waals surface area contributed by atoms with Crippen LogP contribution in [0.5, 0.6) is 0 Å². The molecule has 0 amide bonds. The zero-order chi connectivity index (χ0) is 7.56.